The fraction of sp³-hybridized carbons (Fsp3) is 0.609. The zero-order chi connectivity index (χ0) is 23.4. The van der Waals surface area contributed by atoms with Crippen molar-refractivity contribution in [3.63, 3.8) is 0 Å². The molecule has 1 aliphatic heterocycles. The van der Waals surface area contributed by atoms with Crippen molar-refractivity contribution in [3.8, 4) is 0 Å². The molecule has 178 valence electrons. The summed E-state index contributed by atoms with van der Waals surface area (Å²) >= 11 is 6.10. The number of alkyl halides is 1. The number of rotatable bonds is 12. The lowest BCUT2D eigenvalue weighted by molar-refractivity contribution is -0.186. The van der Waals surface area contributed by atoms with E-state index in [1.807, 2.05) is 0 Å². The van der Waals surface area contributed by atoms with E-state index in [2.05, 4.69) is 5.32 Å². The molecule has 0 bridgehead atoms. The van der Waals surface area contributed by atoms with Gasteiger partial charge in [-0.3, -0.25) is 4.79 Å². The lowest BCUT2D eigenvalue weighted by atomic mass is 9.91. The highest BCUT2D eigenvalue weighted by atomic mass is 35.5. The van der Waals surface area contributed by atoms with Crippen LogP contribution in [0, 0.1) is 0 Å². The van der Waals surface area contributed by atoms with Gasteiger partial charge in [-0.1, -0.05) is 18.2 Å². The van der Waals surface area contributed by atoms with Gasteiger partial charge >= 0.3 is 11.9 Å². The van der Waals surface area contributed by atoms with Crippen molar-refractivity contribution >= 4 is 29.4 Å². The fourth-order valence-electron chi connectivity index (χ4n) is 3.41. The number of esters is 2. The minimum atomic E-state index is -2.03. The highest BCUT2D eigenvalue weighted by Crippen LogP contribution is 2.24. The van der Waals surface area contributed by atoms with Crippen LogP contribution in [0.25, 0.3) is 0 Å². The summed E-state index contributed by atoms with van der Waals surface area (Å²) in [5.74, 6) is -2.23. The van der Waals surface area contributed by atoms with Gasteiger partial charge in [-0.2, -0.15) is 0 Å². The van der Waals surface area contributed by atoms with Crippen LogP contribution in [0.3, 0.4) is 0 Å². The second-order valence-electron chi connectivity index (χ2n) is 7.41. The molecule has 0 spiro atoms. The van der Waals surface area contributed by atoms with Crippen LogP contribution >= 0.6 is 11.6 Å². The maximum absolute atomic E-state index is 13.0. The summed E-state index contributed by atoms with van der Waals surface area (Å²) in [7, 11) is 0. The molecule has 0 radical (unpaired) electrons. The molecule has 1 aromatic rings. The predicted octanol–water partition coefficient (Wildman–Crippen LogP) is 3.21. The number of nitrogens with one attached hydrogen (secondary N) is 1. The molecule has 1 N–H and O–H groups in total. The summed E-state index contributed by atoms with van der Waals surface area (Å²) in [5, 5.41) is 2.58. The summed E-state index contributed by atoms with van der Waals surface area (Å²) in [6.07, 6.45) is 1.94. The van der Waals surface area contributed by atoms with Gasteiger partial charge in [0.05, 0.1) is 19.3 Å². The van der Waals surface area contributed by atoms with E-state index in [9.17, 15) is 14.4 Å². The Labute approximate surface area is 193 Å². The molecule has 0 saturated carbocycles. The second kappa shape index (κ2) is 13.4. The second-order valence-corrected chi connectivity index (χ2v) is 7.72. The first-order chi connectivity index (χ1) is 15.5. The first-order valence-electron chi connectivity index (χ1n) is 11.0. The first kappa shape index (κ1) is 26.1. The maximum Gasteiger partial charge on any atom is 0.343 e. The van der Waals surface area contributed by atoms with Gasteiger partial charge in [-0.05, 0) is 58.1 Å². The maximum atomic E-state index is 13.0. The van der Waals surface area contributed by atoms with Crippen LogP contribution < -0.4 is 5.32 Å². The summed E-state index contributed by atoms with van der Waals surface area (Å²) in [4.78, 5) is 38.9. The Balaban J connectivity index is 2.25. The molecule has 2 atom stereocenters. The number of hydrogen-bond acceptors (Lipinski definition) is 7. The number of halogens is 1. The molecule has 1 amide bonds. The molecule has 0 aromatic heterocycles. The number of amides is 1. The van der Waals surface area contributed by atoms with E-state index in [-0.39, 0.29) is 38.2 Å². The van der Waals surface area contributed by atoms with Crippen LogP contribution in [-0.4, -0.2) is 61.5 Å². The van der Waals surface area contributed by atoms with Crippen molar-refractivity contribution in [3.05, 3.63) is 35.9 Å². The standard InChI is InChI=1S/C23H32ClNO7/c1-3-29-21(27)23(22(28)30-4-2,25-20(26)17-10-6-5-7-11-17)14-13-18(16-24)32-19-12-8-9-15-31-19/h5-7,10-11,18-19H,3-4,8-9,12-16H2,1-2H3,(H,25,26). The van der Waals surface area contributed by atoms with E-state index in [0.29, 0.717) is 12.2 Å². The largest absolute Gasteiger partial charge is 0.464 e. The molecule has 9 heteroatoms. The van der Waals surface area contributed by atoms with E-state index in [0.717, 1.165) is 19.3 Å². The summed E-state index contributed by atoms with van der Waals surface area (Å²) in [6, 6.07) is 8.30. The van der Waals surface area contributed by atoms with Gasteiger partial charge in [0.2, 0.25) is 5.54 Å². The quantitative estimate of drug-likeness (QED) is 0.285. The van der Waals surface area contributed by atoms with E-state index in [1.54, 1.807) is 44.2 Å². The molecule has 0 aliphatic carbocycles. The van der Waals surface area contributed by atoms with Crippen LogP contribution in [0.2, 0.25) is 0 Å². The van der Waals surface area contributed by atoms with Gasteiger partial charge in [0.15, 0.2) is 6.29 Å². The summed E-state index contributed by atoms with van der Waals surface area (Å²) in [6.45, 7) is 3.93. The number of benzene rings is 1. The van der Waals surface area contributed by atoms with Gasteiger partial charge < -0.3 is 24.3 Å². The number of ether oxygens (including phenoxy) is 4. The third-order valence-electron chi connectivity index (χ3n) is 5.11. The third-order valence-corrected chi connectivity index (χ3v) is 5.45. The average molecular weight is 470 g/mol. The Bertz CT molecular complexity index is 719. The highest BCUT2D eigenvalue weighted by Gasteiger charge is 2.50. The Morgan fingerprint density at radius 3 is 2.31 bits per heavy atom. The topological polar surface area (TPSA) is 100 Å². The molecule has 2 unspecified atom stereocenters. The molecule has 8 nitrogen and oxygen atoms in total. The minimum Gasteiger partial charge on any atom is -0.464 e. The molecular formula is C23H32ClNO7. The number of carbonyl (C=O) groups excluding carboxylic acids is 3. The number of carbonyl (C=O) groups is 3. The van der Waals surface area contributed by atoms with Crippen molar-refractivity contribution in [2.75, 3.05) is 25.7 Å². The normalized spacial score (nSPS) is 17.3. The molecule has 1 heterocycles. The van der Waals surface area contributed by atoms with E-state index < -0.39 is 29.5 Å². The van der Waals surface area contributed by atoms with Crippen LogP contribution in [0.5, 0.6) is 0 Å². The monoisotopic (exact) mass is 469 g/mol. The molecule has 32 heavy (non-hydrogen) atoms. The van der Waals surface area contributed by atoms with Gasteiger partial charge in [-0.15, -0.1) is 11.6 Å². The first-order valence-corrected chi connectivity index (χ1v) is 11.5. The lowest BCUT2D eigenvalue weighted by Gasteiger charge is -2.32. The minimum absolute atomic E-state index is 0.0343. The zero-order valence-electron chi connectivity index (χ0n) is 18.6. The van der Waals surface area contributed by atoms with E-state index >= 15 is 0 Å². The molecule has 1 saturated heterocycles. The fourth-order valence-corrected chi connectivity index (χ4v) is 3.64. The predicted molar refractivity (Wildman–Crippen MR) is 118 cm³/mol. The van der Waals surface area contributed by atoms with Crippen LogP contribution in [-0.2, 0) is 28.5 Å². The van der Waals surface area contributed by atoms with E-state index in [1.165, 1.54) is 0 Å². The van der Waals surface area contributed by atoms with Crippen molar-refractivity contribution in [1.82, 2.24) is 5.32 Å². The zero-order valence-corrected chi connectivity index (χ0v) is 19.4. The van der Waals surface area contributed by atoms with Gasteiger partial charge in [-0.25, -0.2) is 9.59 Å². The molecule has 1 aromatic carbocycles. The smallest absolute Gasteiger partial charge is 0.343 e. The average Bonchev–Trinajstić information content (AvgIpc) is 2.82. The Morgan fingerprint density at radius 1 is 1.12 bits per heavy atom. The van der Waals surface area contributed by atoms with E-state index in [4.69, 9.17) is 30.5 Å². The van der Waals surface area contributed by atoms with Crippen molar-refractivity contribution in [2.45, 2.75) is 63.9 Å². The summed E-state index contributed by atoms with van der Waals surface area (Å²) < 4.78 is 21.9. The SMILES string of the molecule is CCOC(=O)C(CCC(CCl)OC1CCCCO1)(NC(=O)c1ccccc1)C(=O)OCC. The molecule has 2 rings (SSSR count). The molecule has 1 fully saturated rings. The Hall–Kier alpha value is -2.16. The van der Waals surface area contributed by atoms with Crippen molar-refractivity contribution in [1.29, 1.82) is 0 Å². The lowest BCUT2D eigenvalue weighted by Crippen LogP contribution is -2.61. The van der Waals surface area contributed by atoms with Crippen LogP contribution in [0.4, 0.5) is 0 Å². The molecule has 1 aliphatic rings. The third kappa shape index (κ3) is 7.18. The summed E-state index contributed by atoms with van der Waals surface area (Å²) in [5.41, 5.74) is -1.73. The van der Waals surface area contributed by atoms with Gasteiger partial charge in [0, 0.05) is 18.1 Å². The van der Waals surface area contributed by atoms with Gasteiger partial charge in [0.25, 0.3) is 5.91 Å². The highest BCUT2D eigenvalue weighted by molar-refractivity contribution is 6.18. The van der Waals surface area contributed by atoms with Gasteiger partial charge in [0.1, 0.15) is 0 Å². The van der Waals surface area contributed by atoms with Crippen molar-refractivity contribution in [2.24, 2.45) is 0 Å². The van der Waals surface area contributed by atoms with Crippen LogP contribution in [0.1, 0.15) is 56.3 Å². The Kier molecular flexibility index (Phi) is 10.9. The van der Waals surface area contributed by atoms with Crippen molar-refractivity contribution < 1.29 is 33.3 Å². The molecular weight excluding hydrogens is 438 g/mol. The number of hydrogen-bond donors (Lipinski definition) is 1. The Morgan fingerprint density at radius 2 is 1.78 bits per heavy atom. The van der Waals surface area contributed by atoms with Crippen LogP contribution in [0.15, 0.2) is 30.3 Å².